The van der Waals surface area contributed by atoms with Gasteiger partial charge in [-0.1, -0.05) is 30.3 Å². The molecule has 0 spiro atoms. The Labute approximate surface area is 162 Å². The van der Waals surface area contributed by atoms with Crippen molar-refractivity contribution in [1.29, 1.82) is 0 Å². The summed E-state index contributed by atoms with van der Waals surface area (Å²) in [4.78, 5) is 24.8. The number of nitrogens with one attached hydrogen (secondary N) is 1. The first kappa shape index (κ1) is 17.9. The predicted molar refractivity (Wildman–Crippen MR) is 106 cm³/mol. The highest BCUT2D eigenvalue weighted by Gasteiger charge is 2.24. The molecule has 0 radical (unpaired) electrons. The van der Waals surface area contributed by atoms with Gasteiger partial charge in [-0.15, -0.1) is 0 Å². The minimum absolute atomic E-state index is 0.147. The number of aromatic nitrogens is 2. The van der Waals surface area contributed by atoms with Crippen molar-refractivity contribution in [1.82, 2.24) is 14.9 Å². The van der Waals surface area contributed by atoms with Gasteiger partial charge in [0.25, 0.3) is 5.91 Å². The zero-order chi connectivity index (χ0) is 19.3. The van der Waals surface area contributed by atoms with Crippen molar-refractivity contribution < 1.29 is 9.18 Å². The minimum Gasteiger partial charge on any atom is -0.366 e. The fraction of sp³-hybridized carbons (Fsp3) is 0.190. The summed E-state index contributed by atoms with van der Waals surface area (Å²) >= 11 is 0. The van der Waals surface area contributed by atoms with Crippen LogP contribution in [-0.4, -0.2) is 47.0 Å². The number of anilines is 3. The van der Waals surface area contributed by atoms with Crippen LogP contribution in [0.5, 0.6) is 0 Å². The van der Waals surface area contributed by atoms with Crippen LogP contribution < -0.4 is 10.2 Å². The number of piperazine rings is 1. The van der Waals surface area contributed by atoms with Crippen LogP contribution in [0.15, 0.2) is 67.0 Å². The highest BCUT2D eigenvalue weighted by atomic mass is 19.1. The molecule has 0 unspecified atom stereocenters. The van der Waals surface area contributed by atoms with E-state index in [1.807, 2.05) is 41.3 Å². The van der Waals surface area contributed by atoms with E-state index < -0.39 is 0 Å². The van der Waals surface area contributed by atoms with Crippen LogP contribution in [-0.2, 0) is 0 Å². The molecular weight excluding hydrogens is 357 g/mol. The lowest BCUT2D eigenvalue weighted by atomic mass is 10.2. The van der Waals surface area contributed by atoms with Gasteiger partial charge in [0, 0.05) is 37.9 Å². The monoisotopic (exact) mass is 377 g/mol. The molecule has 0 aliphatic carbocycles. The van der Waals surface area contributed by atoms with Crippen molar-refractivity contribution in [3.05, 3.63) is 78.5 Å². The van der Waals surface area contributed by atoms with Crippen molar-refractivity contribution >= 4 is 23.1 Å². The average Bonchev–Trinajstić information content (AvgIpc) is 2.75. The third kappa shape index (κ3) is 3.93. The fourth-order valence-corrected chi connectivity index (χ4v) is 3.23. The number of halogens is 1. The average molecular weight is 377 g/mol. The Morgan fingerprint density at radius 3 is 2.39 bits per heavy atom. The van der Waals surface area contributed by atoms with Gasteiger partial charge in [-0.05, 0) is 24.3 Å². The van der Waals surface area contributed by atoms with Crippen molar-refractivity contribution in [3.8, 4) is 0 Å². The smallest absolute Gasteiger partial charge is 0.272 e. The number of hydrogen-bond acceptors (Lipinski definition) is 5. The highest BCUT2D eigenvalue weighted by molar-refractivity contribution is 5.93. The molecule has 0 saturated carbocycles. The van der Waals surface area contributed by atoms with E-state index in [2.05, 4.69) is 15.3 Å². The second-order valence-electron chi connectivity index (χ2n) is 6.51. The van der Waals surface area contributed by atoms with Crippen molar-refractivity contribution in [2.45, 2.75) is 0 Å². The van der Waals surface area contributed by atoms with Crippen molar-refractivity contribution in [2.75, 3.05) is 36.4 Å². The molecule has 1 aliphatic heterocycles. The quantitative estimate of drug-likeness (QED) is 0.756. The number of benzene rings is 2. The van der Waals surface area contributed by atoms with Gasteiger partial charge >= 0.3 is 0 Å². The SMILES string of the molecule is O=C(c1cc(Nc2ccccc2)ncn1)N1CCN(c2ccccc2F)CC1. The van der Waals surface area contributed by atoms with Gasteiger partial charge < -0.3 is 15.1 Å². The Hall–Kier alpha value is -3.48. The number of carbonyl (C=O) groups is 1. The number of amides is 1. The highest BCUT2D eigenvalue weighted by Crippen LogP contribution is 2.21. The van der Waals surface area contributed by atoms with Crippen LogP contribution in [0.25, 0.3) is 0 Å². The molecule has 0 atom stereocenters. The van der Waals surface area contributed by atoms with E-state index in [0.29, 0.717) is 43.4 Å². The van der Waals surface area contributed by atoms with Gasteiger partial charge in [0.15, 0.2) is 0 Å². The van der Waals surface area contributed by atoms with Crippen LogP contribution in [0.1, 0.15) is 10.5 Å². The van der Waals surface area contributed by atoms with E-state index in [0.717, 1.165) is 5.69 Å². The molecule has 1 N–H and O–H groups in total. The van der Waals surface area contributed by atoms with E-state index in [-0.39, 0.29) is 11.7 Å². The van der Waals surface area contributed by atoms with Crippen LogP contribution in [0.4, 0.5) is 21.6 Å². The molecule has 2 heterocycles. The van der Waals surface area contributed by atoms with E-state index in [9.17, 15) is 9.18 Å². The van der Waals surface area contributed by atoms with Crippen molar-refractivity contribution in [3.63, 3.8) is 0 Å². The molecule has 2 aromatic carbocycles. The molecule has 1 fully saturated rings. The Bertz CT molecular complexity index is 958. The van der Waals surface area contributed by atoms with Crippen molar-refractivity contribution in [2.24, 2.45) is 0 Å². The number of para-hydroxylation sites is 2. The molecule has 142 valence electrons. The molecule has 6 nitrogen and oxygen atoms in total. The second-order valence-corrected chi connectivity index (χ2v) is 6.51. The van der Waals surface area contributed by atoms with Gasteiger partial charge in [0.2, 0.25) is 0 Å². The van der Waals surface area contributed by atoms with E-state index in [1.165, 1.54) is 12.4 Å². The van der Waals surface area contributed by atoms with E-state index in [4.69, 9.17) is 0 Å². The number of hydrogen-bond donors (Lipinski definition) is 1. The Morgan fingerprint density at radius 1 is 0.929 bits per heavy atom. The van der Waals surface area contributed by atoms with Gasteiger partial charge in [0.1, 0.15) is 23.7 Å². The third-order valence-electron chi connectivity index (χ3n) is 4.69. The summed E-state index contributed by atoms with van der Waals surface area (Å²) in [5.74, 6) is 0.177. The minimum atomic E-state index is -0.241. The zero-order valence-corrected chi connectivity index (χ0v) is 15.3. The lowest BCUT2D eigenvalue weighted by molar-refractivity contribution is 0.0740. The first-order valence-electron chi connectivity index (χ1n) is 9.13. The number of rotatable bonds is 4. The summed E-state index contributed by atoms with van der Waals surface area (Å²) in [5.41, 5.74) is 1.80. The summed E-state index contributed by atoms with van der Waals surface area (Å²) in [6.07, 6.45) is 1.38. The lowest BCUT2D eigenvalue weighted by Gasteiger charge is -2.36. The predicted octanol–water partition coefficient (Wildman–Crippen LogP) is 3.32. The van der Waals surface area contributed by atoms with E-state index in [1.54, 1.807) is 23.1 Å². The Morgan fingerprint density at radius 2 is 1.64 bits per heavy atom. The van der Waals surface area contributed by atoms with Crippen LogP contribution >= 0.6 is 0 Å². The maximum atomic E-state index is 14.0. The molecule has 1 amide bonds. The Kier molecular flexibility index (Phi) is 5.14. The Balaban J connectivity index is 1.41. The summed E-state index contributed by atoms with van der Waals surface area (Å²) in [7, 11) is 0. The van der Waals surface area contributed by atoms with Gasteiger partial charge in [0.05, 0.1) is 5.69 Å². The maximum Gasteiger partial charge on any atom is 0.272 e. The van der Waals surface area contributed by atoms with Crippen LogP contribution in [0.3, 0.4) is 0 Å². The first-order chi connectivity index (χ1) is 13.7. The van der Waals surface area contributed by atoms with Gasteiger partial charge in [-0.3, -0.25) is 4.79 Å². The number of carbonyl (C=O) groups excluding carboxylic acids is 1. The largest absolute Gasteiger partial charge is 0.366 e. The summed E-state index contributed by atoms with van der Waals surface area (Å²) in [5, 5.41) is 3.17. The molecule has 4 rings (SSSR count). The third-order valence-corrected chi connectivity index (χ3v) is 4.69. The standard InChI is InChI=1S/C21H20FN5O/c22-17-8-4-5-9-19(17)26-10-12-27(13-11-26)21(28)18-14-20(24-15-23-18)25-16-6-2-1-3-7-16/h1-9,14-15H,10-13H2,(H,23,24,25). The van der Waals surface area contributed by atoms with Crippen LogP contribution in [0, 0.1) is 5.82 Å². The topological polar surface area (TPSA) is 61.4 Å². The van der Waals surface area contributed by atoms with Gasteiger partial charge in [-0.25, -0.2) is 14.4 Å². The molecule has 7 heteroatoms. The maximum absolute atomic E-state index is 14.0. The lowest BCUT2D eigenvalue weighted by Crippen LogP contribution is -2.49. The second kappa shape index (κ2) is 8.04. The molecule has 28 heavy (non-hydrogen) atoms. The fourth-order valence-electron chi connectivity index (χ4n) is 3.23. The van der Waals surface area contributed by atoms with Crippen LogP contribution in [0.2, 0.25) is 0 Å². The van der Waals surface area contributed by atoms with E-state index >= 15 is 0 Å². The summed E-state index contributed by atoms with van der Waals surface area (Å²) in [6, 6.07) is 18.0. The molecule has 0 bridgehead atoms. The number of nitrogens with zero attached hydrogens (tertiary/aromatic N) is 4. The summed E-state index contributed by atoms with van der Waals surface area (Å²) < 4.78 is 14.0. The summed E-state index contributed by atoms with van der Waals surface area (Å²) in [6.45, 7) is 2.18. The zero-order valence-electron chi connectivity index (χ0n) is 15.3. The molecule has 1 aliphatic rings. The molecule has 1 aromatic heterocycles. The van der Waals surface area contributed by atoms with Gasteiger partial charge in [-0.2, -0.15) is 0 Å². The molecular formula is C21H20FN5O. The first-order valence-corrected chi connectivity index (χ1v) is 9.13. The molecule has 1 saturated heterocycles. The normalized spacial score (nSPS) is 14.0. The molecule has 3 aromatic rings.